The van der Waals surface area contributed by atoms with Gasteiger partial charge in [-0.3, -0.25) is 9.10 Å². The number of hydrogen-bond donors (Lipinski definition) is 1. The van der Waals surface area contributed by atoms with Crippen LogP contribution in [0.2, 0.25) is 5.02 Å². The minimum Gasteiger partial charge on any atom is -0.494 e. The molecule has 3 aromatic carbocycles. The summed E-state index contributed by atoms with van der Waals surface area (Å²) in [6.07, 6.45) is 0. The van der Waals surface area contributed by atoms with Crippen molar-refractivity contribution in [1.29, 1.82) is 0 Å². The molecule has 0 radical (unpaired) electrons. The molecule has 0 aliphatic heterocycles. The number of benzene rings is 3. The molecule has 0 saturated heterocycles. The molecule has 0 atom stereocenters. The first kappa shape index (κ1) is 26.4. The van der Waals surface area contributed by atoms with Crippen molar-refractivity contribution in [3.05, 3.63) is 82.9 Å². The monoisotopic (exact) mass is 516 g/mol. The van der Waals surface area contributed by atoms with Gasteiger partial charge in [-0.15, -0.1) is 0 Å². The fraction of sp³-hybridized carbons (Fsp3) is 0.269. The van der Waals surface area contributed by atoms with Crippen LogP contribution in [0.1, 0.15) is 18.1 Å². The van der Waals surface area contributed by atoms with Gasteiger partial charge < -0.3 is 14.8 Å². The van der Waals surface area contributed by atoms with E-state index in [0.717, 1.165) is 15.4 Å². The van der Waals surface area contributed by atoms with E-state index in [1.54, 1.807) is 48.5 Å². The number of carbonyl (C=O) groups is 1. The first-order valence-electron chi connectivity index (χ1n) is 11.2. The van der Waals surface area contributed by atoms with Crippen molar-refractivity contribution in [1.82, 2.24) is 5.32 Å². The van der Waals surface area contributed by atoms with Crippen LogP contribution in [-0.2, 0) is 14.8 Å². The number of sulfonamides is 1. The molecule has 7 nitrogen and oxygen atoms in total. The predicted octanol–water partition coefficient (Wildman–Crippen LogP) is 4.75. The average Bonchev–Trinajstić information content (AvgIpc) is 2.84. The number of rotatable bonds is 11. The predicted molar refractivity (Wildman–Crippen MR) is 138 cm³/mol. The van der Waals surface area contributed by atoms with Gasteiger partial charge in [-0.2, -0.15) is 0 Å². The average molecular weight is 517 g/mol. The van der Waals surface area contributed by atoms with E-state index in [4.69, 9.17) is 21.1 Å². The number of ether oxygens (including phenoxy) is 2. The van der Waals surface area contributed by atoms with Crippen molar-refractivity contribution in [2.75, 3.05) is 30.6 Å². The number of nitrogens with zero attached hydrogens (tertiary/aromatic N) is 1. The number of anilines is 1. The summed E-state index contributed by atoms with van der Waals surface area (Å²) in [5.41, 5.74) is 2.31. The molecule has 3 rings (SSSR count). The lowest BCUT2D eigenvalue weighted by Crippen LogP contribution is -2.41. The summed E-state index contributed by atoms with van der Waals surface area (Å²) < 4.78 is 39.0. The van der Waals surface area contributed by atoms with Crippen molar-refractivity contribution < 1.29 is 22.7 Å². The van der Waals surface area contributed by atoms with Crippen LogP contribution in [0, 0.1) is 13.8 Å². The van der Waals surface area contributed by atoms with Crippen LogP contribution in [0.25, 0.3) is 0 Å². The lowest BCUT2D eigenvalue weighted by Gasteiger charge is -2.24. The van der Waals surface area contributed by atoms with Gasteiger partial charge in [0.1, 0.15) is 24.7 Å². The molecule has 0 unspecified atom stereocenters. The smallest absolute Gasteiger partial charge is 0.264 e. The summed E-state index contributed by atoms with van der Waals surface area (Å²) in [6.45, 7) is 6.16. The summed E-state index contributed by atoms with van der Waals surface area (Å²) in [4.78, 5) is 12.8. The first-order valence-corrected chi connectivity index (χ1v) is 13.0. The Bertz CT molecular complexity index is 1250. The number of nitrogens with one attached hydrogen (secondary N) is 1. The Morgan fingerprint density at radius 1 is 0.943 bits per heavy atom. The molecule has 0 bridgehead atoms. The molecule has 0 aliphatic rings. The zero-order valence-electron chi connectivity index (χ0n) is 20.0. The summed E-state index contributed by atoms with van der Waals surface area (Å²) in [5.74, 6) is 0.709. The molecular formula is C26H29ClN2O5S. The van der Waals surface area contributed by atoms with E-state index in [1.165, 1.54) is 12.1 Å². The lowest BCUT2D eigenvalue weighted by molar-refractivity contribution is -0.119. The molecule has 186 valence electrons. The second kappa shape index (κ2) is 12.0. The second-order valence-electron chi connectivity index (χ2n) is 7.86. The Balaban J connectivity index is 1.70. The van der Waals surface area contributed by atoms with Gasteiger partial charge in [0.05, 0.1) is 23.7 Å². The Morgan fingerprint density at radius 3 is 2.23 bits per heavy atom. The zero-order valence-corrected chi connectivity index (χ0v) is 21.5. The molecule has 0 heterocycles. The summed E-state index contributed by atoms with van der Waals surface area (Å²) in [7, 11) is -4.01. The molecule has 0 aliphatic carbocycles. The summed E-state index contributed by atoms with van der Waals surface area (Å²) >= 11 is 6.10. The Labute approximate surface area is 211 Å². The third kappa shape index (κ3) is 7.13. The minimum atomic E-state index is -4.01. The summed E-state index contributed by atoms with van der Waals surface area (Å²) in [5, 5.41) is 3.31. The fourth-order valence-corrected chi connectivity index (χ4v) is 4.83. The van der Waals surface area contributed by atoms with E-state index < -0.39 is 15.9 Å². The molecule has 0 saturated carbocycles. The molecule has 0 aromatic heterocycles. The zero-order chi connectivity index (χ0) is 25.4. The number of hydrogen-bond acceptors (Lipinski definition) is 5. The highest BCUT2D eigenvalue weighted by molar-refractivity contribution is 7.92. The van der Waals surface area contributed by atoms with Gasteiger partial charge in [0, 0.05) is 5.02 Å². The van der Waals surface area contributed by atoms with Gasteiger partial charge in [-0.25, -0.2) is 8.42 Å². The third-order valence-corrected chi connectivity index (χ3v) is 7.36. The molecule has 1 amide bonds. The van der Waals surface area contributed by atoms with Crippen LogP contribution < -0.4 is 19.1 Å². The number of amides is 1. The van der Waals surface area contributed by atoms with E-state index in [2.05, 4.69) is 5.32 Å². The standard InChI is InChI=1S/C26H29ClN2O5S/c1-4-33-22-11-13-24(14-12-22)35(31,32)29(21-8-5-19(2)6-9-21)18-26(30)28-15-16-34-23-10-7-20(3)25(27)17-23/h5-14,17H,4,15-16,18H2,1-3H3,(H,28,30). The molecular weight excluding hydrogens is 488 g/mol. The van der Waals surface area contributed by atoms with Gasteiger partial charge in [-0.1, -0.05) is 35.4 Å². The van der Waals surface area contributed by atoms with Crippen LogP contribution in [0.15, 0.2) is 71.6 Å². The van der Waals surface area contributed by atoms with Gasteiger partial charge in [0.2, 0.25) is 5.91 Å². The maximum atomic E-state index is 13.5. The van der Waals surface area contributed by atoms with Gasteiger partial charge in [0.15, 0.2) is 0 Å². The van der Waals surface area contributed by atoms with Gasteiger partial charge >= 0.3 is 0 Å². The second-order valence-corrected chi connectivity index (χ2v) is 10.1. The van der Waals surface area contributed by atoms with Crippen molar-refractivity contribution in [2.45, 2.75) is 25.7 Å². The van der Waals surface area contributed by atoms with E-state index in [9.17, 15) is 13.2 Å². The number of halogens is 1. The Kier molecular flexibility index (Phi) is 9.01. The number of aryl methyl sites for hydroxylation is 2. The molecule has 35 heavy (non-hydrogen) atoms. The molecule has 1 N–H and O–H groups in total. The van der Waals surface area contributed by atoms with Crippen molar-refractivity contribution in [3.63, 3.8) is 0 Å². The molecule has 0 fully saturated rings. The van der Waals surface area contributed by atoms with Crippen molar-refractivity contribution in [2.24, 2.45) is 0 Å². The SMILES string of the molecule is CCOc1ccc(S(=O)(=O)N(CC(=O)NCCOc2ccc(C)c(Cl)c2)c2ccc(C)cc2)cc1. The van der Waals surface area contributed by atoms with Crippen LogP contribution in [0.4, 0.5) is 5.69 Å². The van der Waals surface area contributed by atoms with E-state index in [-0.39, 0.29) is 24.6 Å². The van der Waals surface area contributed by atoms with Crippen LogP contribution in [0.3, 0.4) is 0 Å². The lowest BCUT2D eigenvalue weighted by atomic mass is 10.2. The summed E-state index contributed by atoms with van der Waals surface area (Å²) in [6, 6.07) is 18.5. The van der Waals surface area contributed by atoms with Crippen molar-refractivity contribution in [3.8, 4) is 11.5 Å². The maximum absolute atomic E-state index is 13.5. The number of carbonyl (C=O) groups excluding carboxylic acids is 1. The Morgan fingerprint density at radius 2 is 1.60 bits per heavy atom. The topological polar surface area (TPSA) is 84.9 Å². The highest BCUT2D eigenvalue weighted by Crippen LogP contribution is 2.25. The van der Waals surface area contributed by atoms with Crippen LogP contribution >= 0.6 is 11.6 Å². The molecule has 9 heteroatoms. The van der Waals surface area contributed by atoms with Gasteiger partial charge in [-0.05, 0) is 74.9 Å². The normalized spacial score (nSPS) is 11.1. The first-order chi connectivity index (χ1) is 16.7. The van der Waals surface area contributed by atoms with Crippen LogP contribution in [0.5, 0.6) is 11.5 Å². The third-order valence-electron chi connectivity index (χ3n) is 5.17. The highest BCUT2D eigenvalue weighted by atomic mass is 35.5. The van der Waals surface area contributed by atoms with Gasteiger partial charge in [0.25, 0.3) is 10.0 Å². The van der Waals surface area contributed by atoms with Crippen molar-refractivity contribution >= 4 is 33.2 Å². The fourth-order valence-electron chi connectivity index (χ4n) is 3.24. The highest BCUT2D eigenvalue weighted by Gasteiger charge is 2.27. The van der Waals surface area contributed by atoms with E-state index in [1.807, 2.05) is 26.8 Å². The quantitative estimate of drug-likeness (QED) is 0.372. The largest absolute Gasteiger partial charge is 0.494 e. The minimum absolute atomic E-state index is 0.0638. The van der Waals surface area contributed by atoms with E-state index >= 15 is 0 Å². The molecule has 0 spiro atoms. The van der Waals surface area contributed by atoms with E-state index in [0.29, 0.717) is 28.8 Å². The Hall–Kier alpha value is -3.23. The molecule has 3 aromatic rings. The maximum Gasteiger partial charge on any atom is 0.264 e. The van der Waals surface area contributed by atoms with Crippen LogP contribution in [-0.4, -0.2) is 40.6 Å².